The molecule has 0 saturated carbocycles. The quantitative estimate of drug-likeness (QED) is 0.390. The Bertz CT molecular complexity index is 1310. The predicted molar refractivity (Wildman–Crippen MR) is 133 cm³/mol. The van der Waals surface area contributed by atoms with Crippen molar-refractivity contribution in [2.75, 3.05) is 10.6 Å². The lowest BCUT2D eigenvalue weighted by atomic mass is 9.81. The van der Waals surface area contributed by atoms with Gasteiger partial charge in [-0.25, -0.2) is 4.98 Å². The van der Waals surface area contributed by atoms with E-state index in [1.165, 1.54) is 0 Å². The summed E-state index contributed by atoms with van der Waals surface area (Å²) in [5, 5.41) is 17.1. The average Bonchev–Trinajstić information content (AvgIpc) is 3.47. The number of thiophene rings is 1. The maximum Gasteiger partial charge on any atom is 0.272 e. The van der Waals surface area contributed by atoms with E-state index >= 15 is 0 Å². The van der Waals surface area contributed by atoms with E-state index in [-0.39, 0.29) is 24.0 Å². The topological polar surface area (TPSA) is 112 Å². The molecule has 0 aromatic carbocycles. The Balaban J connectivity index is 1.22. The smallest absolute Gasteiger partial charge is 0.272 e. The number of nitrogens with zero attached hydrogens (tertiary/aromatic N) is 5. The van der Waals surface area contributed by atoms with Crippen LogP contribution in [0.25, 0.3) is 10.2 Å². The second-order valence-electron chi connectivity index (χ2n) is 9.08. The molecule has 0 radical (unpaired) electrons. The van der Waals surface area contributed by atoms with E-state index in [1.807, 2.05) is 42.6 Å². The summed E-state index contributed by atoms with van der Waals surface area (Å²) in [6.45, 7) is 1.97. The summed E-state index contributed by atoms with van der Waals surface area (Å²) in [4.78, 5) is 30.1. The van der Waals surface area contributed by atoms with Gasteiger partial charge >= 0.3 is 0 Å². The standard InChI is InChI=1S/C24H26N8OS/c1-14-11-20(31-30-14)27-21-18-8-10-34-22(18)29-24(28-21)26-15-12-16-5-4-6-17(13-15)32(16)23(33)19-7-2-3-9-25-19/h2-3,7-11,15-17H,4-6,12-13H2,1H3,(H3,26,27,28,29,30,31)/t15?,16-,17+. The molecule has 2 fully saturated rings. The predicted octanol–water partition coefficient (Wildman–Crippen LogP) is 4.50. The summed E-state index contributed by atoms with van der Waals surface area (Å²) in [7, 11) is 0. The zero-order chi connectivity index (χ0) is 23.1. The number of piperidine rings is 2. The molecule has 2 aliphatic rings. The number of H-pyrrole nitrogens is 1. The minimum absolute atomic E-state index is 0.0470. The number of carbonyl (C=O) groups excluding carboxylic acids is 1. The number of anilines is 3. The number of rotatable bonds is 5. The van der Waals surface area contributed by atoms with Gasteiger partial charge in [-0.15, -0.1) is 11.3 Å². The van der Waals surface area contributed by atoms with Crippen LogP contribution in [0, 0.1) is 6.92 Å². The summed E-state index contributed by atoms with van der Waals surface area (Å²) >= 11 is 1.59. The molecule has 10 heteroatoms. The van der Waals surface area contributed by atoms with E-state index in [0.717, 1.165) is 59.7 Å². The highest BCUT2D eigenvalue weighted by molar-refractivity contribution is 7.16. The van der Waals surface area contributed by atoms with E-state index < -0.39 is 0 Å². The molecule has 3 N–H and O–H groups in total. The van der Waals surface area contributed by atoms with E-state index in [0.29, 0.717) is 11.6 Å². The Morgan fingerprint density at radius 2 is 2.03 bits per heavy atom. The zero-order valence-corrected chi connectivity index (χ0v) is 19.7. The second kappa shape index (κ2) is 8.68. The van der Waals surface area contributed by atoms with Crippen molar-refractivity contribution in [3.63, 3.8) is 0 Å². The largest absolute Gasteiger partial charge is 0.351 e. The Morgan fingerprint density at radius 1 is 1.18 bits per heavy atom. The van der Waals surface area contributed by atoms with Gasteiger partial charge in [-0.3, -0.25) is 14.9 Å². The Hall–Kier alpha value is -3.53. The average molecular weight is 475 g/mol. The zero-order valence-electron chi connectivity index (χ0n) is 18.9. The fourth-order valence-corrected chi connectivity index (χ4v) is 6.02. The molecule has 6 rings (SSSR count). The fraction of sp³-hybridized carbons (Fsp3) is 0.375. The van der Waals surface area contributed by atoms with Crippen LogP contribution in [0.4, 0.5) is 17.6 Å². The fourth-order valence-electron chi connectivity index (χ4n) is 5.25. The third kappa shape index (κ3) is 3.98. The summed E-state index contributed by atoms with van der Waals surface area (Å²) in [5.74, 6) is 2.12. The number of amides is 1. The molecule has 4 aromatic rings. The minimum atomic E-state index is 0.0470. The van der Waals surface area contributed by atoms with Crippen molar-refractivity contribution in [3.8, 4) is 0 Å². The van der Waals surface area contributed by atoms with Crippen LogP contribution >= 0.6 is 11.3 Å². The van der Waals surface area contributed by atoms with Crippen molar-refractivity contribution in [1.82, 2.24) is 30.0 Å². The molecule has 1 amide bonds. The van der Waals surface area contributed by atoms with E-state index in [1.54, 1.807) is 17.5 Å². The van der Waals surface area contributed by atoms with Gasteiger partial charge in [0.05, 0.1) is 5.39 Å². The summed E-state index contributed by atoms with van der Waals surface area (Å²) in [6, 6.07) is 10.1. The van der Waals surface area contributed by atoms with Crippen molar-refractivity contribution >= 4 is 45.0 Å². The van der Waals surface area contributed by atoms with Gasteiger partial charge in [0, 0.05) is 36.1 Å². The van der Waals surface area contributed by atoms with Crippen LogP contribution in [0.5, 0.6) is 0 Å². The van der Waals surface area contributed by atoms with Gasteiger partial charge in [-0.1, -0.05) is 6.07 Å². The number of aromatic nitrogens is 5. The first kappa shape index (κ1) is 21.0. The van der Waals surface area contributed by atoms with Crippen LogP contribution in [0.15, 0.2) is 41.9 Å². The molecule has 0 spiro atoms. The molecular formula is C24H26N8OS. The minimum Gasteiger partial charge on any atom is -0.351 e. The van der Waals surface area contributed by atoms with Crippen molar-refractivity contribution in [2.24, 2.45) is 0 Å². The number of pyridine rings is 1. The van der Waals surface area contributed by atoms with Gasteiger partial charge < -0.3 is 15.5 Å². The number of fused-ring (bicyclic) bond motifs is 3. The normalized spacial score (nSPS) is 22.0. The Morgan fingerprint density at radius 3 is 2.76 bits per heavy atom. The maximum absolute atomic E-state index is 13.2. The number of carbonyl (C=O) groups is 1. The van der Waals surface area contributed by atoms with Crippen LogP contribution in [0.1, 0.15) is 48.3 Å². The molecule has 4 aromatic heterocycles. The number of nitrogens with one attached hydrogen (secondary N) is 3. The number of aryl methyl sites for hydroxylation is 1. The molecule has 2 bridgehead atoms. The van der Waals surface area contributed by atoms with Gasteiger partial charge in [-0.05, 0) is 62.6 Å². The SMILES string of the molecule is Cc1cc(Nc2nc(NC3C[C@H]4CCC[C@@H](C3)N4C(=O)c3ccccn3)nc3sccc23)n[nH]1. The molecule has 174 valence electrons. The number of hydrogen-bond donors (Lipinski definition) is 3. The highest BCUT2D eigenvalue weighted by atomic mass is 32.1. The van der Waals surface area contributed by atoms with E-state index in [2.05, 4.69) is 30.7 Å². The van der Waals surface area contributed by atoms with Crippen LogP contribution in [0.2, 0.25) is 0 Å². The molecule has 6 heterocycles. The summed E-state index contributed by atoms with van der Waals surface area (Å²) in [5.41, 5.74) is 1.51. The molecule has 3 atom stereocenters. The first-order chi connectivity index (χ1) is 16.6. The van der Waals surface area contributed by atoms with Crippen LogP contribution < -0.4 is 10.6 Å². The second-order valence-corrected chi connectivity index (χ2v) is 9.97. The van der Waals surface area contributed by atoms with Gasteiger partial charge in [0.1, 0.15) is 16.3 Å². The molecule has 2 aliphatic heterocycles. The molecule has 2 saturated heterocycles. The lowest BCUT2D eigenvalue weighted by molar-refractivity contribution is 0.0253. The first-order valence-corrected chi connectivity index (χ1v) is 12.6. The van der Waals surface area contributed by atoms with Crippen molar-refractivity contribution in [1.29, 1.82) is 0 Å². The summed E-state index contributed by atoms with van der Waals surface area (Å²) in [6.07, 6.45) is 6.63. The monoisotopic (exact) mass is 474 g/mol. The maximum atomic E-state index is 13.2. The lowest BCUT2D eigenvalue weighted by Gasteiger charge is -2.48. The molecule has 1 unspecified atom stereocenters. The summed E-state index contributed by atoms with van der Waals surface area (Å²) < 4.78 is 0. The van der Waals surface area contributed by atoms with Crippen molar-refractivity contribution in [3.05, 3.63) is 53.3 Å². The van der Waals surface area contributed by atoms with E-state index in [9.17, 15) is 4.79 Å². The third-order valence-corrected chi connectivity index (χ3v) is 7.51. The highest BCUT2D eigenvalue weighted by Crippen LogP contribution is 2.36. The molecule has 34 heavy (non-hydrogen) atoms. The Labute approximate surface area is 201 Å². The van der Waals surface area contributed by atoms with E-state index in [4.69, 9.17) is 9.97 Å². The Kier molecular flexibility index (Phi) is 5.37. The number of hydrogen-bond acceptors (Lipinski definition) is 8. The van der Waals surface area contributed by atoms with Gasteiger partial charge in [0.15, 0.2) is 5.82 Å². The van der Waals surface area contributed by atoms with Crippen molar-refractivity contribution < 1.29 is 4.79 Å². The molecule has 0 aliphatic carbocycles. The van der Waals surface area contributed by atoms with Gasteiger partial charge in [-0.2, -0.15) is 10.1 Å². The lowest BCUT2D eigenvalue weighted by Crippen LogP contribution is -2.57. The number of aromatic amines is 1. The first-order valence-electron chi connectivity index (χ1n) is 11.7. The van der Waals surface area contributed by atoms with Crippen LogP contribution in [0.3, 0.4) is 0 Å². The highest BCUT2D eigenvalue weighted by Gasteiger charge is 2.41. The molecular weight excluding hydrogens is 448 g/mol. The third-order valence-electron chi connectivity index (χ3n) is 6.70. The van der Waals surface area contributed by atoms with Gasteiger partial charge in [0.2, 0.25) is 5.95 Å². The molecule has 9 nitrogen and oxygen atoms in total. The van der Waals surface area contributed by atoms with Crippen LogP contribution in [-0.4, -0.2) is 54.1 Å². The van der Waals surface area contributed by atoms with Crippen molar-refractivity contribution in [2.45, 2.75) is 57.2 Å². The van der Waals surface area contributed by atoms with Gasteiger partial charge in [0.25, 0.3) is 5.91 Å². The van der Waals surface area contributed by atoms with Crippen LogP contribution in [-0.2, 0) is 0 Å².